The fourth-order valence-corrected chi connectivity index (χ4v) is 6.67. The van der Waals surface area contributed by atoms with Crippen molar-refractivity contribution in [3.63, 3.8) is 0 Å². The van der Waals surface area contributed by atoms with Gasteiger partial charge in [0.1, 0.15) is 5.75 Å². The quantitative estimate of drug-likeness (QED) is 0.832. The Morgan fingerprint density at radius 1 is 0.923 bits per heavy atom. The van der Waals surface area contributed by atoms with E-state index in [1.807, 2.05) is 12.1 Å². The van der Waals surface area contributed by atoms with E-state index in [1.165, 1.54) is 44.2 Å². The molecule has 4 heteroatoms. The first-order valence-electron chi connectivity index (χ1n) is 10.3. The van der Waals surface area contributed by atoms with Gasteiger partial charge in [0.2, 0.25) is 5.91 Å². The molecule has 4 bridgehead atoms. The average Bonchev–Trinajstić information content (AvgIpc) is 2.67. The molecule has 5 fully saturated rings. The second-order valence-corrected chi connectivity index (χ2v) is 9.18. The highest BCUT2D eigenvalue weighted by Gasteiger charge is 2.55. The highest BCUT2D eigenvalue weighted by Crippen LogP contribution is 2.60. The maximum atomic E-state index is 13.5. The number of hydrogen-bond acceptors (Lipinski definition) is 3. The van der Waals surface area contributed by atoms with Gasteiger partial charge in [0.15, 0.2) is 0 Å². The van der Waals surface area contributed by atoms with Crippen LogP contribution in [0.1, 0.15) is 38.5 Å². The van der Waals surface area contributed by atoms with Crippen molar-refractivity contribution < 1.29 is 9.53 Å². The standard InChI is InChI=1S/C22H30N2O2/c1-26-20-4-2-19(3-5-20)23-6-8-24(9-7-23)21(25)22-13-16-10-17(14-22)12-18(11-16)15-22/h2-5,16-18H,6-15H2,1H3. The molecule has 1 saturated heterocycles. The molecule has 26 heavy (non-hydrogen) atoms. The van der Waals surface area contributed by atoms with Crippen molar-refractivity contribution in [1.82, 2.24) is 4.90 Å². The molecule has 0 aromatic heterocycles. The Balaban J connectivity index is 1.24. The fraction of sp³-hybridized carbons (Fsp3) is 0.682. The van der Waals surface area contributed by atoms with Crippen molar-refractivity contribution in [2.24, 2.45) is 23.2 Å². The summed E-state index contributed by atoms with van der Waals surface area (Å²) in [6.07, 6.45) is 7.73. The van der Waals surface area contributed by atoms with Gasteiger partial charge >= 0.3 is 0 Å². The number of ether oxygens (including phenoxy) is 1. The lowest BCUT2D eigenvalue weighted by molar-refractivity contribution is -0.158. The molecule has 4 aliphatic carbocycles. The number of hydrogen-bond donors (Lipinski definition) is 0. The molecule has 0 atom stereocenters. The normalized spacial score (nSPS) is 35.7. The summed E-state index contributed by atoms with van der Waals surface area (Å²) in [5, 5.41) is 0. The van der Waals surface area contributed by atoms with Gasteiger partial charge in [-0.15, -0.1) is 0 Å². The van der Waals surface area contributed by atoms with Gasteiger partial charge in [0.25, 0.3) is 0 Å². The van der Waals surface area contributed by atoms with Crippen LogP contribution in [-0.4, -0.2) is 44.1 Å². The molecule has 1 heterocycles. The fourth-order valence-electron chi connectivity index (χ4n) is 6.67. The summed E-state index contributed by atoms with van der Waals surface area (Å²) in [6, 6.07) is 8.27. The Morgan fingerprint density at radius 2 is 1.46 bits per heavy atom. The maximum Gasteiger partial charge on any atom is 0.228 e. The van der Waals surface area contributed by atoms with E-state index in [0.29, 0.717) is 5.91 Å². The third-order valence-corrected chi connectivity index (χ3v) is 7.50. The van der Waals surface area contributed by atoms with E-state index >= 15 is 0 Å². The number of nitrogens with zero attached hydrogens (tertiary/aromatic N) is 2. The summed E-state index contributed by atoms with van der Waals surface area (Å²) in [5.41, 5.74) is 1.24. The first-order valence-corrected chi connectivity index (χ1v) is 10.3. The van der Waals surface area contributed by atoms with Crippen LogP contribution in [0.4, 0.5) is 5.69 Å². The minimum absolute atomic E-state index is 0.0109. The van der Waals surface area contributed by atoms with E-state index in [2.05, 4.69) is 21.9 Å². The topological polar surface area (TPSA) is 32.8 Å². The summed E-state index contributed by atoms with van der Waals surface area (Å²) < 4.78 is 5.25. The highest BCUT2D eigenvalue weighted by molar-refractivity contribution is 5.83. The third-order valence-electron chi connectivity index (χ3n) is 7.50. The molecule has 1 aromatic carbocycles. The van der Waals surface area contributed by atoms with Crippen LogP contribution in [0.5, 0.6) is 5.75 Å². The molecule has 0 spiro atoms. The van der Waals surface area contributed by atoms with Crippen LogP contribution in [0.3, 0.4) is 0 Å². The lowest BCUT2D eigenvalue weighted by Crippen LogP contribution is -2.58. The SMILES string of the molecule is COc1ccc(N2CCN(C(=O)C34CC5CC(CC(C5)C3)C4)CC2)cc1. The molecule has 5 aliphatic rings. The number of piperazine rings is 1. The van der Waals surface area contributed by atoms with Gasteiger partial charge < -0.3 is 14.5 Å². The van der Waals surface area contributed by atoms with Crippen LogP contribution in [0.25, 0.3) is 0 Å². The molecular formula is C22H30N2O2. The maximum absolute atomic E-state index is 13.5. The summed E-state index contributed by atoms with van der Waals surface area (Å²) in [7, 11) is 1.70. The number of carbonyl (C=O) groups excluding carboxylic acids is 1. The van der Waals surface area contributed by atoms with Crippen LogP contribution >= 0.6 is 0 Å². The lowest BCUT2D eigenvalue weighted by atomic mass is 9.49. The largest absolute Gasteiger partial charge is 0.497 e. The molecule has 0 N–H and O–H groups in total. The minimum atomic E-state index is 0.0109. The molecule has 1 amide bonds. The van der Waals surface area contributed by atoms with E-state index in [1.54, 1.807) is 7.11 Å². The van der Waals surface area contributed by atoms with Crippen molar-refractivity contribution in [2.45, 2.75) is 38.5 Å². The highest BCUT2D eigenvalue weighted by atomic mass is 16.5. The Hall–Kier alpha value is -1.71. The molecule has 4 saturated carbocycles. The predicted octanol–water partition coefficient (Wildman–Crippen LogP) is 3.56. The van der Waals surface area contributed by atoms with Gasteiger partial charge in [-0.1, -0.05) is 0 Å². The second-order valence-electron chi connectivity index (χ2n) is 9.18. The molecule has 6 rings (SSSR count). The van der Waals surface area contributed by atoms with Crippen molar-refractivity contribution in [3.8, 4) is 5.75 Å². The van der Waals surface area contributed by atoms with Crippen LogP contribution < -0.4 is 9.64 Å². The van der Waals surface area contributed by atoms with Crippen LogP contribution in [0.2, 0.25) is 0 Å². The predicted molar refractivity (Wildman–Crippen MR) is 102 cm³/mol. The van der Waals surface area contributed by atoms with E-state index in [-0.39, 0.29) is 5.41 Å². The monoisotopic (exact) mass is 354 g/mol. The summed E-state index contributed by atoms with van der Waals surface area (Å²) in [5.74, 6) is 3.90. The average molecular weight is 354 g/mol. The number of rotatable bonds is 3. The molecule has 1 aromatic rings. The van der Waals surface area contributed by atoms with Gasteiger partial charge in [0, 0.05) is 31.9 Å². The Bertz CT molecular complexity index is 641. The zero-order valence-electron chi connectivity index (χ0n) is 15.8. The van der Waals surface area contributed by atoms with E-state index < -0.39 is 0 Å². The summed E-state index contributed by atoms with van der Waals surface area (Å²) in [6.45, 7) is 3.61. The van der Waals surface area contributed by atoms with Gasteiger partial charge in [-0.3, -0.25) is 4.79 Å². The number of anilines is 1. The van der Waals surface area contributed by atoms with Crippen molar-refractivity contribution in [3.05, 3.63) is 24.3 Å². The number of carbonyl (C=O) groups is 1. The molecular weight excluding hydrogens is 324 g/mol. The van der Waals surface area contributed by atoms with Gasteiger partial charge in [-0.2, -0.15) is 0 Å². The van der Waals surface area contributed by atoms with Gasteiger partial charge in [-0.25, -0.2) is 0 Å². The number of benzene rings is 1. The molecule has 4 nitrogen and oxygen atoms in total. The molecule has 0 radical (unpaired) electrons. The van der Waals surface area contributed by atoms with E-state index in [0.717, 1.165) is 49.7 Å². The van der Waals surface area contributed by atoms with Crippen molar-refractivity contribution >= 4 is 11.6 Å². The zero-order valence-corrected chi connectivity index (χ0v) is 15.8. The first kappa shape index (κ1) is 16.5. The van der Waals surface area contributed by atoms with Crippen molar-refractivity contribution in [2.75, 3.05) is 38.2 Å². The molecule has 140 valence electrons. The lowest BCUT2D eigenvalue weighted by Gasteiger charge is -2.57. The van der Waals surface area contributed by atoms with E-state index in [9.17, 15) is 4.79 Å². The number of amides is 1. The minimum Gasteiger partial charge on any atom is -0.497 e. The number of methoxy groups -OCH3 is 1. The van der Waals surface area contributed by atoms with Crippen LogP contribution in [0.15, 0.2) is 24.3 Å². The molecule has 1 aliphatic heterocycles. The first-order chi connectivity index (χ1) is 12.6. The summed E-state index contributed by atoms with van der Waals surface area (Å²) in [4.78, 5) is 18.0. The van der Waals surface area contributed by atoms with Crippen LogP contribution in [-0.2, 0) is 4.79 Å². The smallest absolute Gasteiger partial charge is 0.228 e. The van der Waals surface area contributed by atoms with Gasteiger partial charge in [0.05, 0.1) is 12.5 Å². The second kappa shape index (κ2) is 6.17. The Kier molecular flexibility index (Phi) is 3.91. The zero-order chi connectivity index (χ0) is 17.7. The van der Waals surface area contributed by atoms with E-state index in [4.69, 9.17) is 4.74 Å². The molecule has 0 unspecified atom stereocenters. The van der Waals surface area contributed by atoms with Gasteiger partial charge in [-0.05, 0) is 80.5 Å². The Morgan fingerprint density at radius 3 is 1.96 bits per heavy atom. The summed E-state index contributed by atoms with van der Waals surface area (Å²) >= 11 is 0. The van der Waals surface area contributed by atoms with Crippen molar-refractivity contribution in [1.29, 1.82) is 0 Å². The van der Waals surface area contributed by atoms with Crippen LogP contribution in [0, 0.1) is 23.2 Å². The Labute approximate surface area is 156 Å². The third kappa shape index (κ3) is 2.69.